The molecular formula is C16H19NO6. The Kier molecular flexibility index (Phi) is 6.01. The van der Waals surface area contributed by atoms with Crippen LogP contribution in [0.3, 0.4) is 0 Å². The highest BCUT2D eigenvalue weighted by atomic mass is 16.7. The highest BCUT2D eigenvalue weighted by molar-refractivity contribution is 5.76. The molecule has 0 spiro atoms. The van der Waals surface area contributed by atoms with Crippen molar-refractivity contribution in [3.63, 3.8) is 0 Å². The fourth-order valence-electron chi connectivity index (χ4n) is 2.00. The van der Waals surface area contributed by atoms with E-state index in [1.165, 1.54) is 13.1 Å². The molecule has 0 fully saturated rings. The van der Waals surface area contributed by atoms with Crippen molar-refractivity contribution < 1.29 is 29.4 Å². The van der Waals surface area contributed by atoms with E-state index in [0.717, 1.165) is 5.56 Å². The van der Waals surface area contributed by atoms with Gasteiger partial charge in [-0.1, -0.05) is 37.2 Å². The molecule has 1 aromatic carbocycles. The summed E-state index contributed by atoms with van der Waals surface area (Å²) in [6, 6.07) is 4.96. The molecule has 0 radical (unpaired) electrons. The number of carboxylic acid groups (broad SMARTS) is 2. The molecule has 0 heterocycles. The molecule has 0 bridgehead atoms. The Morgan fingerprint density at radius 2 is 1.70 bits per heavy atom. The third-order valence-corrected chi connectivity index (χ3v) is 3.19. The maximum absolute atomic E-state index is 11.0. The van der Waals surface area contributed by atoms with Crippen molar-refractivity contribution in [3.8, 4) is 0 Å². The highest BCUT2D eigenvalue weighted by Crippen LogP contribution is 2.25. The van der Waals surface area contributed by atoms with Gasteiger partial charge >= 0.3 is 17.9 Å². The second kappa shape index (κ2) is 7.53. The van der Waals surface area contributed by atoms with E-state index in [-0.39, 0.29) is 12.8 Å². The van der Waals surface area contributed by atoms with E-state index < -0.39 is 23.3 Å². The summed E-state index contributed by atoms with van der Waals surface area (Å²) in [5.74, 6) is -2.61. The van der Waals surface area contributed by atoms with Crippen LogP contribution in [0.25, 0.3) is 0 Å². The molecule has 0 saturated carbocycles. The molecule has 0 atom stereocenters. The molecule has 0 aliphatic carbocycles. The second-order valence-corrected chi connectivity index (χ2v) is 5.66. The first kappa shape index (κ1) is 18.3. The predicted octanol–water partition coefficient (Wildman–Crippen LogP) is 1.77. The maximum atomic E-state index is 11.0. The molecule has 0 unspecified atom stereocenters. The van der Waals surface area contributed by atoms with Crippen LogP contribution in [-0.2, 0) is 37.5 Å². The Balaban J connectivity index is 3.16. The molecule has 0 saturated heterocycles. The minimum Gasteiger partial charge on any atom is -0.481 e. The van der Waals surface area contributed by atoms with Crippen LogP contribution in [0.4, 0.5) is 0 Å². The van der Waals surface area contributed by atoms with E-state index >= 15 is 0 Å². The molecule has 2 N–H and O–H groups in total. The van der Waals surface area contributed by atoms with Gasteiger partial charge in [0.15, 0.2) is 0 Å². The first-order chi connectivity index (χ1) is 10.6. The number of benzene rings is 1. The SMILES string of the molecule is CC(=O)ON=CC(C)(C)c1ccc(CC(=O)O)c(CC(=O)O)c1. The number of hydrogen-bond donors (Lipinski definition) is 2. The molecule has 7 heteroatoms. The predicted molar refractivity (Wildman–Crippen MR) is 82.4 cm³/mol. The summed E-state index contributed by atoms with van der Waals surface area (Å²) in [7, 11) is 0. The minimum absolute atomic E-state index is 0.245. The Hall–Kier alpha value is -2.70. The van der Waals surface area contributed by atoms with Crippen molar-refractivity contribution in [1.29, 1.82) is 0 Å². The average molecular weight is 321 g/mol. The monoisotopic (exact) mass is 321 g/mol. The fraction of sp³-hybridized carbons (Fsp3) is 0.375. The second-order valence-electron chi connectivity index (χ2n) is 5.66. The first-order valence-electron chi connectivity index (χ1n) is 6.90. The molecule has 124 valence electrons. The van der Waals surface area contributed by atoms with Gasteiger partial charge in [-0.3, -0.25) is 9.59 Å². The van der Waals surface area contributed by atoms with Crippen LogP contribution in [0.2, 0.25) is 0 Å². The lowest BCUT2D eigenvalue weighted by molar-refractivity contribution is -0.141. The number of aliphatic carboxylic acids is 2. The summed E-state index contributed by atoms with van der Waals surface area (Å²) in [5, 5.41) is 21.5. The summed E-state index contributed by atoms with van der Waals surface area (Å²) < 4.78 is 0. The van der Waals surface area contributed by atoms with Gasteiger partial charge in [0.1, 0.15) is 0 Å². The van der Waals surface area contributed by atoms with E-state index in [1.807, 2.05) is 13.8 Å². The number of rotatable bonds is 7. The van der Waals surface area contributed by atoms with Crippen LogP contribution in [0, 0.1) is 0 Å². The molecule has 23 heavy (non-hydrogen) atoms. The third-order valence-electron chi connectivity index (χ3n) is 3.19. The lowest BCUT2D eigenvalue weighted by Crippen LogP contribution is -2.20. The van der Waals surface area contributed by atoms with Crippen LogP contribution in [0.15, 0.2) is 23.4 Å². The standard InChI is InChI=1S/C16H19NO6/c1-10(18)23-17-9-16(2,3)13-5-4-11(7-14(19)20)12(6-13)8-15(21)22/h4-6,9H,7-8H2,1-3H3,(H,19,20)(H,21,22). The topological polar surface area (TPSA) is 113 Å². The Bertz CT molecular complexity index is 648. The van der Waals surface area contributed by atoms with Crippen LogP contribution in [0.1, 0.15) is 37.5 Å². The van der Waals surface area contributed by atoms with Gasteiger partial charge < -0.3 is 15.1 Å². The molecule has 0 aliphatic heterocycles. The van der Waals surface area contributed by atoms with Gasteiger partial charge in [0.2, 0.25) is 0 Å². The number of hydrogen-bond acceptors (Lipinski definition) is 5. The van der Waals surface area contributed by atoms with Crippen LogP contribution in [-0.4, -0.2) is 34.3 Å². The largest absolute Gasteiger partial charge is 0.481 e. The van der Waals surface area contributed by atoms with Crippen LogP contribution >= 0.6 is 0 Å². The average Bonchev–Trinajstić information content (AvgIpc) is 2.38. The lowest BCUT2D eigenvalue weighted by atomic mass is 9.83. The zero-order valence-electron chi connectivity index (χ0n) is 13.2. The van der Waals surface area contributed by atoms with E-state index in [9.17, 15) is 14.4 Å². The molecule has 7 nitrogen and oxygen atoms in total. The summed E-state index contributed by atoms with van der Waals surface area (Å²) >= 11 is 0. The van der Waals surface area contributed by atoms with Gasteiger partial charge in [-0.2, -0.15) is 0 Å². The maximum Gasteiger partial charge on any atom is 0.331 e. The fourth-order valence-corrected chi connectivity index (χ4v) is 2.00. The minimum atomic E-state index is -1.04. The number of carboxylic acids is 2. The summed E-state index contributed by atoms with van der Waals surface area (Å²) in [6.45, 7) is 4.86. The van der Waals surface area contributed by atoms with E-state index in [4.69, 9.17) is 10.2 Å². The van der Waals surface area contributed by atoms with Gasteiger partial charge in [-0.25, -0.2) is 4.79 Å². The Morgan fingerprint density at radius 3 is 2.22 bits per heavy atom. The van der Waals surface area contributed by atoms with Crippen molar-refractivity contribution in [3.05, 3.63) is 34.9 Å². The smallest absolute Gasteiger partial charge is 0.331 e. The summed E-state index contributed by atoms with van der Waals surface area (Å²) in [5.41, 5.74) is 1.01. The molecule has 0 aliphatic rings. The van der Waals surface area contributed by atoms with E-state index in [1.54, 1.807) is 18.2 Å². The van der Waals surface area contributed by atoms with Gasteiger partial charge in [-0.05, 0) is 16.7 Å². The normalized spacial score (nSPS) is 11.4. The zero-order valence-corrected chi connectivity index (χ0v) is 13.2. The van der Waals surface area contributed by atoms with Crippen molar-refractivity contribution in [2.24, 2.45) is 5.16 Å². The van der Waals surface area contributed by atoms with Crippen LogP contribution in [0.5, 0.6) is 0 Å². The van der Waals surface area contributed by atoms with Gasteiger partial charge in [0.05, 0.1) is 19.1 Å². The molecule has 1 aromatic rings. The van der Waals surface area contributed by atoms with Gasteiger partial charge in [-0.15, -0.1) is 0 Å². The van der Waals surface area contributed by atoms with Gasteiger partial charge in [0.25, 0.3) is 0 Å². The summed E-state index contributed by atoms with van der Waals surface area (Å²) in [4.78, 5) is 37.1. The Labute approximate surface area is 133 Å². The summed E-state index contributed by atoms with van der Waals surface area (Å²) in [6.07, 6.45) is 0.920. The van der Waals surface area contributed by atoms with Gasteiger partial charge in [0, 0.05) is 12.3 Å². The number of oxime groups is 1. The van der Waals surface area contributed by atoms with Crippen molar-refractivity contribution in [2.45, 2.75) is 39.0 Å². The Morgan fingerprint density at radius 1 is 1.13 bits per heavy atom. The molecular weight excluding hydrogens is 302 g/mol. The zero-order chi connectivity index (χ0) is 17.6. The number of carbonyl (C=O) groups excluding carboxylic acids is 1. The van der Waals surface area contributed by atoms with Crippen LogP contribution < -0.4 is 0 Å². The molecule has 1 rings (SSSR count). The quantitative estimate of drug-likeness (QED) is 0.449. The highest BCUT2D eigenvalue weighted by Gasteiger charge is 2.21. The first-order valence-corrected chi connectivity index (χ1v) is 6.90. The van der Waals surface area contributed by atoms with E-state index in [2.05, 4.69) is 9.99 Å². The molecule has 0 aromatic heterocycles. The van der Waals surface area contributed by atoms with Crippen molar-refractivity contribution in [2.75, 3.05) is 0 Å². The number of nitrogens with zero attached hydrogens (tertiary/aromatic N) is 1. The molecule has 0 amide bonds. The third kappa shape index (κ3) is 5.90. The van der Waals surface area contributed by atoms with Crippen molar-refractivity contribution >= 4 is 24.1 Å². The van der Waals surface area contributed by atoms with Crippen molar-refractivity contribution in [1.82, 2.24) is 0 Å². The number of carbonyl (C=O) groups is 3. The van der Waals surface area contributed by atoms with E-state index in [0.29, 0.717) is 11.1 Å². The lowest BCUT2D eigenvalue weighted by Gasteiger charge is -2.21.